The summed E-state index contributed by atoms with van der Waals surface area (Å²) in [7, 11) is 0. The van der Waals surface area contributed by atoms with Crippen LogP contribution < -0.4 is 5.32 Å². The highest BCUT2D eigenvalue weighted by atomic mass is 16.5. The quantitative estimate of drug-likeness (QED) is 0.822. The lowest BCUT2D eigenvalue weighted by atomic mass is 9.92. The van der Waals surface area contributed by atoms with Crippen molar-refractivity contribution in [3.8, 4) is 0 Å². The molecule has 1 aromatic rings. The Morgan fingerprint density at radius 3 is 2.89 bits per heavy atom. The summed E-state index contributed by atoms with van der Waals surface area (Å²) < 4.78 is 11.2. The highest BCUT2D eigenvalue weighted by Crippen LogP contribution is 2.26. The summed E-state index contributed by atoms with van der Waals surface area (Å²) in [5.41, 5.74) is 0. The number of ether oxygens (including phenoxy) is 1. The van der Waals surface area contributed by atoms with Crippen LogP contribution in [0.25, 0.3) is 0 Å². The maximum atomic E-state index is 5.82. The van der Waals surface area contributed by atoms with Gasteiger partial charge in [0.25, 0.3) is 0 Å². The van der Waals surface area contributed by atoms with Gasteiger partial charge in [0.15, 0.2) is 0 Å². The first-order chi connectivity index (χ1) is 9.16. The van der Waals surface area contributed by atoms with Gasteiger partial charge in [-0.15, -0.1) is 0 Å². The zero-order chi connectivity index (χ0) is 13.7. The first-order valence-corrected chi connectivity index (χ1v) is 7.54. The minimum Gasteiger partial charge on any atom is -0.469 e. The molecule has 19 heavy (non-hydrogen) atoms. The van der Waals surface area contributed by atoms with Gasteiger partial charge in [0.05, 0.1) is 12.4 Å². The fourth-order valence-corrected chi connectivity index (χ4v) is 2.88. The SMILES string of the molecule is CC(C)[C@H]1OCC[C@@H]1CN[C@@H](C)CCc1ccco1. The Hall–Kier alpha value is -0.800. The van der Waals surface area contributed by atoms with Gasteiger partial charge in [0, 0.05) is 25.6 Å². The number of hydrogen-bond acceptors (Lipinski definition) is 3. The van der Waals surface area contributed by atoms with Crippen LogP contribution in [0.4, 0.5) is 0 Å². The van der Waals surface area contributed by atoms with Crippen LogP contribution >= 0.6 is 0 Å². The molecule has 1 aliphatic rings. The molecule has 3 heteroatoms. The average molecular weight is 265 g/mol. The van der Waals surface area contributed by atoms with E-state index in [1.807, 2.05) is 12.1 Å². The van der Waals surface area contributed by atoms with E-state index in [0.29, 0.717) is 24.0 Å². The Kier molecular flexibility index (Phi) is 5.46. The average Bonchev–Trinajstić information content (AvgIpc) is 3.04. The third-order valence-electron chi connectivity index (χ3n) is 4.05. The van der Waals surface area contributed by atoms with Crippen LogP contribution in [-0.2, 0) is 11.2 Å². The summed E-state index contributed by atoms with van der Waals surface area (Å²) in [5.74, 6) is 2.37. The molecule has 0 spiro atoms. The van der Waals surface area contributed by atoms with Crippen molar-refractivity contribution in [3.63, 3.8) is 0 Å². The van der Waals surface area contributed by atoms with E-state index in [0.717, 1.165) is 31.8 Å². The maximum Gasteiger partial charge on any atom is 0.103 e. The van der Waals surface area contributed by atoms with Gasteiger partial charge in [0.2, 0.25) is 0 Å². The Balaban J connectivity index is 1.67. The molecule has 0 amide bonds. The molecule has 108 valence electrons. The minimum absolute atomic E-state index is 0.435. The molecule has 2 heterocycles. The van der Waals surface area contributed by atoms with E-state index in [4.69, 9.17) is 9.15 Å². The first kappa shape index (κ1) is 14.6. The monoisotopic (exact) mass is 265 g/mol. The Morgan fingerprint density at radius 2 is 2.21 bits per heavy atom. The van der Waals surface area contributed by atoms with E-state index in [2.05, 4.69) is 26.1 Å². The van der Waals surface area contributed by atoms with Crippen molar-refractivity contribution in [1.82, 2.24) is 5.32 Å². The second kappa shape index (κ2) is 7.11. The molecule has 0 saturated carbocycles. The fraction of sp³-hybridized carbons (Fsp3) is 0.750. The lowest BCUT2D eigenvalue weighted by Crippen LogP contribution is -2.36. The zero-order valence-electron chi connectivity index (χ0n) is 12.4. The van der Waals surface area contributed by atoms with Crippen LogP contribution in [-0.4, -0.2) is 25.3 Å². The summed E-state index contributed by atoms with van der Waals surface area (Å²) in [5, 5.41) is 3.65. The summed E-state index contributed by atoms with van der Waals surface area (Å²) >= 11 is 0. The maximum absolute atomic E-state index is 5.82. The Labute approximate surface area is 116 Å². The Morgan fingerprint density at radius 1 is 1.37 bits per heavy atom. The van der Waals surface area contributed by atoms with Crippen LogP contribution in [0.3, 0.4) is 0 Å². The predicted molar refractivity (Wildman–Crippen MR) is 77.2 cm³/mol. The summed E-state index contributed by atoms with van der Waals surface area (Å²) in [6.45, 7) is 8.76. The van der Waals surface area contributed by atoms with Gasteiger partial charge in [-0.25, -0.2) is 0 Å². The van der Waals surface area contributed by atoms with Gasteiger partial charge < -0.3 is 14.5 Å². The predicted octanol–water partition coefficient (Wildman–Crippen LogP) is 3.25. The standard InChI is InChI=1S/C16H27NO2/c1-12(2)16-14(8-10-19-16)11-17-13(3)6-7-15-5-4-9-18-15/h4-5,9,12-14,16-17H,6-8,10-11H2,1-3H3/t13-,14+,16+/m0/s1. The van der Waals surface area contributed by atoms with Crippen molar-refractivity contribution >= 4 is 0 Å². The second-order valence-corrected chi connectivity index (χ2v) is 6.06. The van der Waals surface area contributed by atoms with Crippen molar-refractivity contribution in [3.05, 3.63) is 24.2 Å². The van der Waals surface area contributed by atoms with Crippen molar-refractivity contribution < 1.29 is 9.15 Å². The molecule has 1 fully saturated rings. The fourth-order valence-electron chi connectivity index (χ4n) is 2.88. The van der Waals surface area contributed by atoms with Crippen LogP contribution in [0.15, 0.2) is 22.8 Å². The van der Waals surface area contributed by atoms with Crippen molar-refractivity contribution in [2.24, 2.45) is 11.8 Å². The first-order valence-electron chi connectivity index (χ1n) is 7.54. The molecular formula is C16H27NO2. The van der Waals surface area contributed by atoms with E-state index in [-0.39, 0.29) is 0 Å². The second-order valence-electron chi connectivity index (χ2n) is 6.06. The molecule has 0 aromatic carbocycles. The number of hydrogen-bond donors (Lipinski definition) is 1. The molecule has 1 aromatic heterocycles. The summed E-state index contributed by atoms with van der Waals surface area (Å²) in [6.07, 6.45) is 5.51. The third kappa shape index (κ3) is 4.36. The molecule has 0 radical (unpaired) electrons. The topological polar surface area (TPSA) is 34.4 Å². The molecule has 0 unspecified atom stereocenters. The molecule has 1 aliphatic heterocycles. The van der Waals surface area contributed by atoms with E-state index >= 15 is 0 Å². The zero-order valence-corrected chi connectivity index (χ0v) is 12.4. The lowest BCUT2D eigenvalue weighted by molar-refractivity contribution is 0.0534. The number of nitrogens with one attached hydrogen (secondary N) is 1. The lowest BCUT2D eigenvalue weighted by Gasteiger charge is -2.24. The molecule has 1 N–H and O–H groups in total. The number of aryl methyl sites for hydroxylation is 1. The summed E-state index contributed by atoms with van der Waals surface area (Å²) in [4.78, 5) is 0. The number of rotatable bonds is 7. The van der Waals surface area contributed by atoms with Crippen LogP contribution in [0.2, 0.25) is 0 Å². The van der Waals surface area contributed by atoms with Gasteiger partial charge in [-0.05, 0) is 43.7 Å². The largest absolute Gasteiger partial charge is 0.469 e. The van der Waals surface area contributed by atoms with Crippen LogP contribution in [0.5, 0.6) is 0 Å². The molecule has 2 rings (SSSR count). The smallest absolute Gasteiger partial charge is 0.103 e. The third-order valence-corrected chi connectivity index (χ3v) is 4.05. The van der Waals surface area contributed by atoms with Crippen molar-refractivity contribution in [2.75, 3.05) is 13.2 Å². The van der Waals surface area contributed by atoms with Crippen molar-refractivity contribution in [1.29, 1.82) is 0 Å². The molecule has 0 aliphatic carbocycles. The van der Waals surface area contributed by atoms with Gasteiger partial charge >= 0.3 is 0 Å². The molecule has 3 atom stereocenters. The highest BCUT2D eigenvalue weighted by molar-refractivity contribution is 4.98. The van der Waals surface area contributed by atoms with Crippen LogP contribution in [0.1, 0.15) is 39.4 Å². The van der Waals surface area contributed by atoms with Gasteiger partial charge in [0.1, 0.15) is 5.76 Å². The van der Waals surface area contributed by atoms with Gasteiger partial charge in [-0.3, -0.25) is 0 Å². The minimum atomic E-state index is 0.435. The van der Waals surface area contributed by atoms with E-state index in [1.165, 1.54) is 6.42 Å². The highest BCUT2D eigenvalue weighted by Gasteiger charge is 2.30. The summed E-state index contributed by atoms with van der Waals surface area (Å²) in [6, 6.07) is 4.53. The van der Waals surface area contributed by atoms with Gasteiger partial charge in [-0.2, -0.15) is 0 Å². The van der Waals surface area contributed by atoms with E-state index < -0.39 is 0 Å². The normalized spacial score (nSPS) is 25.1. The molecular weight excluding hydrogens is 238 g/mol. The van der Waals surface area contributed by atoms with Crippen LogP contribution in [0, 0.1) is 11.8 Å². The van der Waals surface area contributed by atoms with Gasteiger partial charge in [-0.1, -0.05) is 13.8 Å². The van der Waals surface area contributed by atoms with E-state index in [1.54, 1.807) is 6.26 Å². The molecule has 3 nitrogen and oxygen atoms in total. The van der Waals surface area contributed by atoms with E-state index in [9.17, 15) is 0 Å². The number of furan rings is 1. The van der Waals surface area contributed by atoms with Crippen molar-refractivity contribution in [2.45, 2.75) is 52.2 Å². The molecule has 1 saturated heterocycles. The molecule has 0 bridgehead atoms. The Bertz CT molecular complexity index is 348.